The number of aromatic amines is 1. The average Bonchev–Trinajstić information content (AvgIpc) is 3.09. The van der Waals surface area contributed by atoms with Gasteiger partial charge in [-0.3, -0.25) is 9.89 Å². The van der Waals surface area contributed by atoms with Gasteiger partial charge >= 0.3 is 0 Å². The molecule has 1 amide bonds. The number of benzene rings is 3. The van der Waals surface area contributed by atoms with Gasteiger partial charge in [-0.05, 0) is 40.6 Å². The molecule has 0 saturated carbocycles. The van der Waals surface area contributed by atoms with Crippen molar-refractivity contribution in [2.45, 2.75) is 6.54 Å². The van der Waals surface area contributed by atoms with Crippen molar-refractivity contribution in [1.82, 2.24) is 15.5 Å². The maximum Gasteiger partial charge on any atom is 0.272 e. The van der Waals surface area contributed by atoms with Gasteiger partial charge in [0.15, 0.2) is 5.69 Å². The second-order valence-corrected chi connectivity index (χ2v) is 5.85. The van der Waals surface area contributed by atoms with E-state index in [9.17, 15) is 4.79 Å². The second-order valence-electron chi connectivity index (χ2n) is 5.85. The van der Waals surface area contributed by atoms with Crippen LogP contribution in [-0.2, 0) is 6.54 Å². The maximum atomic E-state index is 12.4. The fourth-order valence-corrected chi connectivity index (χ4v) is 2.91. The van der Waals surface area contributed by atoms with E-state index in [1.165, 1.54) is 0 Å². The molecule has 0 radical (unpaired) electrons. The molecule has 1 heterocycles. The fraction of sp³-hybridized carbons (Fsp3) is 0.100. The largest absolute Gasteiger partial charge is 0.497 e. The number of aromatic nitrogens is 2. The summed E-state index contributed by atoms with van der Waals surface area (Å²) >= 11 is 0. The van der Waals surface area contributed by atoms with Gasteiger partial charge in [0.25, 0.3) is 5.91 Å². The van der Waals surface area contributed by atoms with E-state index >= 15 is 0 Å². The number of fused-ring (bicyclic) bond motifs is 2. The molecule has 0 aliphatic carbocycles. The van der Waals surface area contributed by atoms with E-state index in [1.54, 1.807) is 7.11 Å². The SMILES string of the molecule is COc1ccc2cc(CNC(=O)c3n[nH]c4ccccc34)ccc2c1. The van der Waals surface area contributed by atoms with Crippen LogP contribution in [0.4, 0.5) is 0 Å². The maximum absolute atomic E-state index is 12.4. The summed E-state index contributed by atoms with van der Waals surface area (Å²) in [6.45, 7) is 0.446. The van der Waals surface area contributed by atoms with Gasteiger partial charge in [-0.15, -0.1) is 0 Å². The van der Waals surface area contributed by atoms with Gasteiger partial charge in [0.05, 0.1) is 12.6 Å². The molecule has 25 heavy (non-hydrogen) atoms. The summed E-state index contributed by atoms with van der Waals surface area (Å²) < 4.78 is 5.24. The lowest BCUT2D eigenvalue weighted by Gasteiger charge is -2.07. The van der Waals surface area contributed by atoms with Gasteiger partial charge in [-0.1, -0.05) is 36.4 Å². The smallest absolute Gasteiger partial charge is 0.272 e. The van der Waals surface area contributed by atoms with E-state index in [1.807, 2.05) is 54.6 Å². The Bertz CT molecular complexity index is 1070. The van der Waals surface area contributed by atoms with Crippen molar-refractivity contribution in [3.8, 4) is 5.75 Å². The number of para-hydroxylation sites is 1. The van der Waals surface area contributed by atoms with Crippen molar-refractivity contribution in [2.75, 3.05) is 7.11 Å². The lowest BCUT2D eigenvalue weighted by atomic mass is 10.1. The van der Waals surface area contributed by atoms with Crippen molar-refractivity contribution in [3.63, 3.8) is 0 Å². The Morgan fingerprint density at radius 1 is 1.08 bits per heavy atom. The standard InChI is InChI=1S/C20H17N3O2/c1-25-16-9-8-14-10-13(6-7-15(14)11-16)12-21-20(24)19-17-4-2-3-5-18(17)22-23-19/h2-11H,12H2,1H3,(H,21,24)(H,22,23). The highest BCUT2D eigenvalue weighted by Crippen LogP contribution is 2.22. The third-order valence-corrected chi connectivity index (χ3v) is 4.25. The Balaban J connectivity index is 1.52. The third kappa shape index (κ3) is 2.92. The van der Waals surface area contributed by atoms with Gasteiger partial charge < -0.3 is 10.1 Å². The molecule has 0 fully saturated rings. The molecule has 0 aliphatic rings. The quantitative estimate of drug-likeness (QED) is 0.600. The Kier molecular flexibility index (Phi) is 3.82. The number of ether oxygens (including phenoxy) is 1. The van der Waals surface area contributed by atoms with Gasteiger partial charge in [0.2, 0.25) is 0 Å². The molecule has 0 spiro atoms. The van der Waals surface area contributed by atoms with Crippen molar-refractivity contribution >= 4 is 27.6 Å². The lowest BCUT2D eigenvalue weighted by Crippen LogP contribution is -2.23. The zero-order valence-electron chi connectivity index (χ0n) is 13.7. The summed E-state index contributed by atoms with van der Waals surface area (Å²) in [5.41, 5.74) is 2.30. The molecule has 0 unspecified atom stereocenters. The normalized spacial score (nSPS) is 10.9. The van der Waals surface area contributed by atoms with Gasteiger partial charge in [-0.25, -0.2) is 0 Å². The van der Waals surface area contributed by atoms with Crippen LogP contribution in [0.5, 0.6) is 5.75 Å². The number of carbonyl (C=O) groups is 1. The summed E-state index contributed by atoms with van der Waals surface area (Å²) in [4.78, 5) is 12.4. The van der Waals surface area contributed by atoms with Crippen LogP contribution < -0.4 is 10.1 Å². The first kappa shape index (κ1) is 15.2. The van der Waals surface area contributed by atoms with Gasteiger partial charge in [-0.2, -0.15) is 5.10 Å². The summed E-state index contributed by atoms with van der Waals surface area (Å²) in [6, 6.07) is 19.6. The molecular formula is C20H17N3O2. The van der Waals surface area contributed by atoms with Crippen molar-refractivity contribution in [1.29, 1.82) is 0 Å². The van der Waals surface area contributed by atoms with E-state index in [4.69, 9.17) is 4.74 Å². The Hall–Kier alpha value is -3.34. The van der Waals surface area contributed by atoms with E-state index in [-0.39, 0.29) is 5.91 Å². The minimum atomic E-state index is -0.188. The van der Waals surface area contributed by atoms with Crippen molar-refractivity contribution < 1.29 is 9.53 Å². The molecule has 0 aliphatic heterocycles. The number of rotatable bonds is 4. The predicted molar refractivity (Wildman–Crippen MR) is 97.8 cm³/mol. The van der Waals surface area contributed by atoms with Crippen LogP contribution >= 0.6 is 0 Å². The average molecular weight is 331 g/mol. The summed E-state index contributed by atoms with van der Waals surface area (Å²) in [5, 5.41) is 13.0. The molecular weight excluding hydrogens is 314 g/mol. The van der Waals surface area contributed by atoms with Crippen LogP contribution in [0.2, 0.25) is 0 Å². The predicted octanol–water partition coefficient (Wildman–Crippen LogP) is 3.65. The summed E-state index contributed by atoms with van der Waals surface area (Å²) in [6.07, 6.45) is 0. The van der Waals surface area contributed by atoms with E-state index < -0.39 is 0 Å². The number of H-pyrrole nitrogens is 1. The molecule has 0 atom stereocenters. The number of hydrogen-bond acceptors (Lipinski definition) is 3. The molecule has 5 nitrogen and oxygen atoms in total. The van der Waals surface area contributed by atoms with Crippen molar-refractivity contribution in [3.05, 3.63) is 71.9 Å². The molecule has 1 aromatic heterocycles. The number of nitrogens with one attached hydrogen (secondary N) is 2. The molecule has 4 rings (SSSR count). The third-order valence-electron chi connectivity index (χ3n) is 4.25. The minimum Gasteiger partial charge on any atom is -0.497 e. The molecule has 5 heteroatoms. The topological polar surface area (TPSA) is 67.0 Å². The molecule has 2 N–H and O–H groups in total. The van der Waals surface area contributed by atoms with Crippen LogP contribution in [0.1, 0.15) is 16.1 Å². The zero-order valence-corrected chi connectivity index (χ0v) is 13.7. The number of carbonyl (C=O) groups excluding carboxylic acids is 1. The number of hydrogen-bond donors (Lipinski definition) is 2. The molecule has 3 aromatic carbocycles. The molecule has 4 aromatic rings. The Morgan fingerprint density at radius 3 is 2.76 bits per heavy atom. The highest BCUT2D eigenvalue weighted by Gasteiger charge is 2.13. The second kappa shape index (κ2) is 6.28. The number of methoxy groups -OCH3 is 1. The first-order chi connectivity index (χ1) is 12.2. The number of nitrogens with zero attached hydrogens (tertiary/aromatic N) is 1. The van der Waals surface area contributed by atoms with E-state index in [2.05, 4.69) is 21.6 Å². The monoisotopic (exact) mass is 331 g/mol. The first-order valence-electron chi connectivity index (χ1n) is 8.02. The van der Waals surface area contributed by atoms with Gasteiger partial charge in [0, 0.05) is 11.9 Å². The summed E-state index contributed by atoms with van der Waals surface area (Å²) in [7, 11) is 1.66. The fourth-order valence-electron chi connectivity index (χ4n) is 2.91. The summed E-state index contributed by atoms with van der Waals surface area (Å²) in [5.74, 6) is 0.645. The van der Waals surface area contributed by atoms with E-state index in [0.29, 0.717) is 12.2 Å². The Morgan fingerprint density at radius 2 is 1.88 bits per heavy atom. The highest BCUT2D eigenvalue weighted by molar-refractivity contribution is 6.04. The molecule has 124 valence electrons. The van der Waals surface area contributed by atoms with Gasteiger partial charge in [0.1, 0.15) is 5.75 Å². The van der Waals surface area contributed by atoms with Crippen LogP contribution in [0.3, 0.4) is 0 Å². The van der Waals surface area contributed by atoms with E-state index in [0.717, 1.165) is 33.0 Å². The minimum absolute atomic E-state index is 0.188. The molecule has 0 saturated heterocycles. The lowest BCUT2D eigenvalue weighted by molar-refractivity contribution is 0.0947. The Labute approximate surface area is 144 Å². The molecule has 0 bridgehead atoms. The number of amides is 1. The van der Waals surface area contributed by atoms with Crippen LogP contribution in [0.25, 0.3) is 21.7 Å². The highest BCUT2D eigenvalue weighted by atomic mass is 16.5. The zero-order chi connectivity index (χ0) is 17.2. The first-order valence-corrected chi connectivity index (χ1v) is 8.02. The van der Waals surface area contributed by atoms with Crippen LogP contribution in [0.15, 0.2) is 60.7 Å². The van der Waals surface area contributed by atoms with Crippen LogP contribution in [-0.4, -0.2) is 23.2 Å². The van der Waals surface area contributed by atoms with Crippen LogP contribution in [0, 0.1) is 0 Å². The van der Waals surface area contributed by atoms with Crippen molar-refractivity contribution in [2.24, 2.45) is 0 Å².